The zero-order valence-corrected chi connectivity index (χ0v) is 16.9. The Hall–Kier alpha value is -2.64. The third-order valence-electron chi connectivity index (χ3n) is 3.33. The topological polar surface area (TPSA) is 115 Å². The highest BCUT2D eigenvalue weighted by Gasteiger charge is 2.44. The Kier molecular flexibility index (Phi) is 6.59. The van der Waals surface area contributed by atoms with Gasteiger partial charge in [-0.3, -0.25) is 14.9 Å². The summed E-state index contributed by atoms with van der Waals surface area (Å²) in [5.74, 6) is -1.85. The number of carbonyl (C=O) groups excluding carboxylic acids is 2. The highest BCUT2D eigenvalue weighted by Crippen LogP contribution is 2.27. The molecule has 2 N–H and O–H groups in total. The fourth-order valence-electron chi connectivity index (χ4n) is 2.05. The zero-order chi connectivity index (χ0) is 21.0. The Balaban J connectivity index is 2.89. The summed E-state index contributed by atoms with van der Waals surface area (Å²) in [5, 5.41) is 12.0. The van der Waals surface area contributed by atoms with E-state index in [-0.39, 0.29) is 12.2 Å². The Morgan fingerprint density at radius 1 is 1.00 bits per heavy atom. The molecule has 0 spiro atoms. The Morgan fingerprint density at radius 2 is 1.56 bits per heavy atom. The summed E-state index contributed by atoms with van der Waals surface area (Å²) in [4.78, 5) is 39.9. The molecule has 1 aromatic rings. The number of nitrogens with zero attached hydrogens (tertiary/aromatic N) is 1. The molecule has 1 amide bonds. The third-order valence-corrected chi connectivity index (χ3v) is 3.33. The Bertz CT molecular complexity index is 700. The second kappa shape index (κ2) is 7.94. The molecule has 1 atom stereocenters. The average Bonchev–Trinajstić information content (AvgIpc) is 2.45. The summed E-state index contributed by atoms with van der Waals surface area (Å²) >= 11 is 0. The van der Waals surface area contributed by atoms with Crippen molar-refractivity contribution >= 4 is 23.8 Å². The molecule has 0 bridgehead atoms. The van der Waals surface area contributed by atoms with Crippen molar-refractivity contribution in [2.24, 2.45) is 5.41 Å². The van der Waals surface area contributed by atoms with E-state index in [2.05, 4.69) is 10.3 Å². The number of ether oxygens (including phenoxy) is 2. The van der Waals surface area contributed by atoms with Crippen LogP contribution < -0.4 is 5.32 Å². The number of esters is 1. The van der Waals surface area contributed by atoms with E-state index in [9.17, 15) is 19.5 Å². The second-order valence-electron chi connectivity index (χ2n) is 8.49. The minimum absolute atomic E-state index is 0.100. The average molecular weight is 380 g/mol. The van der Waals surface area contributed by atoms with Gasteiger partial charge in [0.1, 0.15) is 17.0 Å². The number of nitrogens with one attached hydrogen (secondary N) is 1. The van der Waals surface area contributed by atoms with Gasteiger partial charge >= 0.3 is 18.0 Å². The van der Waals surface area contributed by atoms with Gasteiger partial charge in [0, 0.05) is 12.6 Å². The summed E-state index contributed by atoms with van der Waals surface area (Å²) in [6, 6.07) is 3.10. The van der Waals surface area contributed by atoms with Gasteiger partial charge in [0.15, 0.2) is 5.41 Å². The number of amides is 1. The molecule has 8 heteroatoms. The molecule has 0 saturated carbocycles. The number of carbonyl (C=O) groups is 3. The molecule has 0 fully saturated rings. The number of pyridine rings is 1. The second-order valence-corrected chi connectivity index (χ2v) is 8.49. The van der Waals surface area contributed by atoms with Gasteiger partial charge in [0.2, 0.25) is 0 Å². The van der Waals surface area contributed by atoms with Gasteiger partial charge in [-0.15, -0.1) is 0 Å². The summed E-state index contributed by atoms with van der Waals surface area (Å²) in [6.45, 7) is 11.6. The highest BCUT2D eigenvalue weighted by atomic mass is 16.6. The normalized spacial score (nSPS) is 14.0. The Morgan fingerprint density at radius 3 is 1.96 bits per heavy atom. The maximum absolute atomic E-state index is 12.4. The lowest BCUT2D eigenvalue weighted by Gasteiger charge is -2.28. The van der Waals surface area contributed by atoms with Crippen molar-refractivity contribution in [3.63, 3.8) is 0 Å². The van der Waals surface area contributed by atoms with E-state index in [0.29, 0.717) is 5.56 Å². The van der Waals surface area contributed by atoms with E-state index in [1.807, 2.05) is 0 Å². The van der Waals surface area contributed by atoms with Crippen molar-refractivity contribution in [2.45, 2.75) is 66.1 Å². The van der Waals surface area contributed by atoms with E-state index in [4.69, 9.17) is 9.47 Å². The number of anilines is 1. The van der Waals surface area contributed by atoms with E-state index >= 15 is 0 Å². The molecule has 0 aliphatic rings. The molecule has 27 heavy (non-hydrogen) atoms. The van der Waals surface area contributed by atoms with Crippen LogP contribution >= 0.6 is 0 Å². The van der Waals surface area contributed by atoms with Gasteiger partial charge < -0.3 is 14.6 Å². The molecule has 0 radical (unpaired) electrons. The van der Waals surface area contributed by atoms with E-state index in [0.717, 1.165) is 0 Å². The van der Waals surface area contributed by atoms with Gasteiger partial charge in [-0.05, 0) is 60.1 Å². The highest BCUT2D eigenvalue weighted by molar-refractivity contribution is 5.99. The van der Waals surface area contributed by atoms with Crippen molar-refractivity contribution < 1.29 is 29.0 Å². The van der Waals surface area contributed by atoms with Crippen LogP contribution in [0.3, 0.4) is 0 Å². The fourth-order valence-corrected chi connectivity index (χ4v) is 2.05. The summed E-state index contributed by atoms with van der Waals surface area (Å²) in [5.41, 5.74) is -2.68. The fraction of sp³-hybridized carbons (Fsp3) is 0.579. The van der Waals surface area contributed by atoms with Crippen LogP contribution in [0.5, 0.6) is 0 Å². The van der Waals surface area contributed by atoms with Crippen LogP contribution in [0.2, 0.25) is 0 Å². The first kappa shape index (κ1) is 22.4. The number of carboxylic acid groups (broad SMARTS) is 1. The third kappa shape index (κ3) is 7.24. The van der Waals surface area contributed by atoms with Gasteiger partial charge in [-0.25, -0.2) is 9.78 Å². The van der Waals surface area contributed by atoms with Crippen molar-refractivity contribution in [1.82, 2.24) is 4.98 Å². The molecule has 150 valence electrons. The number of carboxylic acids is 1. The van der Waals surface area contributed by atoms with Crippen molar-refractivity contribution in [1.29, 1.82) is 0 Å². The van der Waals surface area contributed by atoms with E-state index in [1.165, 1.54) is 19.2 Å². The monoisotopic (exact) mass is 380 g/mol. The summed E-state index contributed by atoms with van der Waals surface area (Å²) in [7, 11) is 0. The lowest BCUT2D eigenvalue weighted by atomic mass is 9.84. The number of hydrogen-bond acceptors (Lipinski definition) is 6. The number of aliphatic carboxylic acids is 1. The van der Waals surface area contributed by atoms with Crippen LogP contribution in [0.4, 0.5) is 10.6 Å². The lowest BCUT2D eigenvalue weighted by molar-refractivity contribution is -0.175. The van der Waals surface area contributed by atoms with Crippen LogP contribution in [0.25, 0.3) is 0 Å². The minimum atomic E-state index is -1.75. The van der Waals surface area contributed by atoms with E-state index < -0.39 is 34.6 Å². The Labute approximate surface area is 159 Å². The zero-order valence-electron chi connectivity index (χ0n) is 16.9. The quantitative estimate of drug-likeness (QED) is 0.594. The molecular formula is C19H28N2O6. The molecule has 0 aliphatic heterocycles. The lowest BCUT2D eigenvalue weighted by Crippen LogP contribution is -2.43. The predicted molar refractivity (Wildman–Crippen MR) is 99.4 cm³/mol. The first-order valence-electron chi connectivity index (χ1n) is 8.54. The van der Waals surface area contributed by atoms with Crippen molar-refractivity contribution in [3.05, 3.63) is 23.9 Å². The molecule has 8 nitrogen and oxygen atoms in total. The maximum atomic E-state index is 12.4. The van der Waals surface area contributed by atoms with Gasteiger partial charge in [0.25, 0.3) is 0 Å². The van der Waals surface area contributed by atoms with Crippen molar-refractivity contribution in [2.75, 3.05) is 5.32 Å². The number of hydrogen-bond donors (Lipinski definition) is 2. The van der Waals surface area contributed by atoms with Crippen molar-refractivity contribution in [3.8, 4) is 0 Å². The largest absolute Gasteiger partial charge is 0.480 e. The van der Waals surface area contributed by atoms with Crippen LogP contribution in [-0.4, -0.2) is 39.3 Å². The molecule has 0 aromatic carbocycles. The molecule has 0 unspecified atom stereocenters. The minimum Gasteiger partial charge on any atom is -0.480 e. The van der Waals surface area contributed by atoms with Crippen LogP contribution in [0, 0.1) is 5.41 Å². The van der Waals surface area contributed by atoms with Gasteiger partial charge in [-0.2, -0.15) is 0 Å². The molecule has 1 aromatic heterocycles. The molecule has 1 heterocycles. The first-order chi connectivity index (χ1) is 12.1. The standard InChI is InChI=1S/C19H28N2O6/c1-17(2,3)26-15(24)19(7,14(22)23)10-12-8-9-13(20-11-12)21-16(25)27-18(4,5)6/h8-9,11H,10H2,1-7H3,(H,22,23)(H,20,21,25)/t19-/m1/s1. The maximum Gasteiger partial charge on any atom is 0.413 e. The SMILES string of the molecule is CC(C)(C)OC(=O)Nc1ccc(C[C@](C)(C(=O)O)C(=O)OC(C)(C)C)cn1. The molecule has 0 aliphatic carbocycles. The van der Waals surface area contributed by atoms with Gasteiger partial charge in [-0.1, -0.05) is 6.07 Å². The summed E-state index contributed by atoms with van der Waals surface area (Å²) < 4.78 is 10.4. The molecule has 0 saturated heterocycles. The number of rotatable bonds is 5. The van der Waals surface area contributed by atoms with Gasteiger partial charge in [0.05, 0.1) is 0 Å². The van der Waals surface area contributed by atoms with Crippen LogP contribution in [-0.2, 0) is 25.5 Å². The molecular weight excluding hydrogens is 352 g/mol. The van der Waals surface area contributed by atoms with Crippen LogP contribution in [0.15, 0.2) is 18.3 Å². The summed E-state index contributed by atoms with van der Waals surface area (Å²) in [6.07, 6.45) is 0.654. The first-order valence-corrected chi connectivity index (χ1v) is 8.54. The predicted octanol–water partition coefficient (Wildman–Crippen LogP) is 3.40. The van der Waals surface area contributed by atoms with E-state index in [1.54, 1.807) is 47.6 Å². The van der Waals surface area contributed by atoms with Crippen LogP contribution in [0.1, 0.15) is 54.0 Å². The molecule has 1 rings (SSSR count). The smallest absolute Gasteiger partial charge is 0.413 e. The number of aromatic nitrogens is 1.